The van der Waals surface area contributed by atoms with Crippen LogP contribution in [0, 0.1) is 13.8 Å². The lowest BCUT2D eigenvalue weighted by atomic mass is 10.1. The van der Waals surface area contributed by atoms with E-state index >= 15 is 0 Å². The number of hydrogen-bond acceptors (Lipinski definition) is 5. The Morgan fingerprint density at radius 3 is 2.32 bits per heavy atom. The van der Waals surface area contributed by atoms with Crippen molar-refractivity contribution in [3.63, 3.8) is 0 Å². The maximum Gasteiger partial charge on any atom is 0.257 e. The number of fused-ring (bicyclic) bond motifs is 1. The Labute approximate surface area is 163 Å². The van der Waals surface area contributed by atoms with Gasteiger partial charge in [0.2, 0.25) is 0 Å². The molecule has 2 N–H and O–H groups in total. The molecule has 0 unspecified atom stereocenters. The van der Waals surface area contributed by atoms with Crippen molar-refractivity contribution < 1.29 is 14.3 Å². The van der Waals surface area contributed by atoms with E-state index in [1.807, 2.05) is 20.8 Å². The van der Waals surface area contributed by atoms with Gasteiger partial charge in [0.05, 0.1) is 22.4 Å². The number of benzene rings is 2. The third-order valence-corrected chi connectivity index (χ3v) is 4.19. The molecule has 0 bridgehead atoms. The van der Waals surface area contributed by atoms with Crippen LogP contribution in [0.25, 0.3) is 11.0 Å². The van der Waals surface area contributed by atoms with E-state index in [1.165, 1.54) is 0 Å². The number of likely N-dealkylation sites (N-methyl/N-ethyl adjacent to an activating group) is 1. The van der Waals surface area contributed by atoms with E-state index in [0.717, 1.165) is 16.9 Å². The van der Waals surface area contributed by atoms with E-state index in [1.54, 1.807) is 42.5 Å². The summed E-state index contributed by atoms with van der Waals surface area (Å²) < 4.78 is 5.39. The highest BCUT2D eigenvalue weighted by Gasteiger charge is 2.10. The standard InChI is InChI=1S/C21H22N4O3/c1-4-22-20(26)12-28-17-8-6-16(7-9-17)25-21(27)15-5-10-18-19(11-15)24-14(3)13(2)23-18/h5-11H,4,12H2,1-3H3,(H,22,26)(H,25,27). The minimum absolute atomic E-state index is 0.0451. The molecule has 0 aliphatic rings. The lowest BCUT2D eigenvalue weighted by molar-refractivity contribution is -0.122. The normalized spacial score (nSPS) is 10.5. The quantitative estimate of drug-likeness (QED) is 0.688. The first kappa shape index (κ1) is 19.3. The van der Waals surface area contributed by atoms with Gasteiger partial charge in [-0.05, 0) is 63.2 Å². The molecular formula is C21H22N4O3. The first-order valence-electron chi connectivity index (χ1n) is 9.02. The third-order valence-electron chi connectivity index (χ3n) is 4.19. The SMILES string of the molecule is CCNC(=O)COc1ccc(NC(=O)c2ccc3nc(C)c(C)nc3c2)cc1. The van der Waals surface area contributed by atoms with Crippen LogP contribution in [-0.4, -0.2) is 34.9 Å². The molecule has 7 heteroatoms. The van der Waals surface area contributed by atoms with Gasteiger partial charge in [0.1, 0.15) is 5.75 Å². The number of aryl methyl sites for hydroxylation is 2. The van der Waals surface area contributed by atoms with E-state index in [-0.39, 0.29) is 18.4 Å². The van der Waals surface area contributed by atoms with Gasteiger partial charge in [-0.3, -0.25) is 9.59 Å². The van der Waals surface area contributed by atoms with Gasteiger partial charge in [0.25, 0.3) is 11.8 Å². The highest BCUT2D eigenvalue weighted by Crippen LogP contribution is 2.18. The van der Waals surface area contributed by atoms with Gasteiger partial charge in [-0.1, -0.05) is 0 Å². The average molecular weight is 378 g/mol. The van der Waals surface area contributed by atoms with Crippen LogP contribution in [-0.2, 0) is 4.79 Å². The molecule has 144 valence electrons. The Hall–Kier alpha value is -3.48. The molecule has 0 aliphatic carbocycles. The number of amides is 2. The largest absolute Gasteiger partial charge is 0.484 e. The third kappa shape index (κ3) is 4.62. The topological polar surface area (TPSA) is 93.2 Å². The predicted octanol–water partition coefficient (Wildman–Crippen LogP) is 3.01. The second-order valence-corrected chi connectivity index (χ2v) is 6.32. The van der Waals surface area contributed by atoms with Crippen molar-refractivity contribution in [2.45, 2.75) is 20.8 Å². The van der Waals surface area contributed by atoms with Crippen molar-refractivity contribution in [2.24, 2.45) is 0 Å². The van der Waals surface area contributed by atoms with E-state index in [4.69, 9.17) is 4.74 Å². The molecule has 0 atom stereocenters. The predicted molar refractivity (Wildman–Crippen MR) is 108 cm³/mol. The summed E-state index contributed by atoms with van der Waals surface area (Å²) in [5.74, 6) is 0.138. The fourth-order valence-corrected chi connectivity index (χ4v) is 2.61. The van der Waals surface area contributed by atoms with Crippen molar-refractivity contribution in [1.82, 2.24) is 15.3 Å². The Balaban J connectivity index is 1.66. The van der Waals surface area contributed by atoms with Crippen molar-refractivity contribution >= 4 is 28.5 Å². The minimum atomic E-state index is -0.238. The summed E-state index contributed by atoms with van der Waals surface area (Å²) in [6.07, 6.45) is 0. The molecule has 0 aliphatic heterocycles. The van der Waals surface area contributed by atoms with Gasteiger partial charge in [-0.15, -0.1) is 0 Å². The number of rotatable bonds is 6. The van der Waals surface area contributed by atoms with Crippen LogP contribution < -0.4 is 15.4 Å². The van der Waals surface area contributed by atoms with E-state index < -0.39 is 0 Å². The summed E-state index contributed by atoms with van der Waals surface area (Å²) in [6, 6.07) is 12.1. The summed E-state index contributed by atoms with van der Waals surface area (Å²) in [6.45, 7) is 6.17. The number of ether oxygens (including phenoxy) is 1. The molecule has 7 nitrogen and oxygen atoms in total. The summed E-state index contributed by atoms with van der Waals surface area (Å²) in [5, 5.41) is 5.50. The average Bonchev–Trinajstić information content (AvgIpc) is 2.68. The number of carbonyl (C=O) groups excluding carboxylic acids is 2. The van der Waals surface area contributed by atoms with E-state index in [9.17, 15) is 9.59 Å². The molecule has 0 saturated heterocycles. The second kappa shape index (κ2) is 8.47. The number of aromatic nitrogens is 2. The van der Waals surface area contributed by atoms with Crippen LogP contribution >= 0.6 is 0 Å². The lowest BCUT2D eigenvalue weighted by Crippen LogP contribution is -2.28. The Bertz CT molecular complexity index is 1020. The highest BCUT2D eigenvalue weighted by molar-refractivity contribution is 6.05. The van der Waals surface area contributed by atoms with Gasteiger partial charge in [0.15, 0.2) is 6.61 Å². The van der Waals surface area contributed by atoms with Crippen LogP contribution in [0.5, 0.6) is 5.75 Å². The Kier molecular flexibility index (Phi) is 5.84. The van der Waals surface area contributed by atoms with Gasteiger partial charge >= 0.3 is 0 Å². The summed E-state index contributed by atoms with van der Waals surface area (Å²) >= 11 is 0. The first-order chi connectivity index (χ1) is 13.5. The molecule has 0 radical (unpaired) electrons. The van der Waals surface area contributed by atoms with Gasteiger partial charge in [-0.25, -0.2) is 9.97 Å². The van der Waals surface area contributed by atoms with Gasteiger partial charge in [0, 0.05) is 17.8 Å². The molecule has 3 rings (SSSR count). The van der Waals surface area contributed by atoms with Crippen molar-refractivity contribution in [2.75, 3.05) is 18.5 Å². The monoisotopic (exact) mass is 378 g/mol. The maximum absolute atomic E-state index is 12.5. The number of hydrogen-bond donors (Lipinski definition) is 2. The zero-order valence-corrected chi connectivity index (χ0v) is 16.1. The minimum Gasteiger partial charge on any atom is -0.484 e. The molecule has 2 aromatic carbocycles. The van der Waals surface area contributed by atoms with Crippen LogP contribution in [0.2, 0.25) is 0 Å². The van der Waals surface area contributed by atoms with E-state index in [0.29, 0.717) is 29.1 Å². The Morgan fingerprint density at radius 2 is 1.64 bits per heavy atom. The lowest BCUT2D eigenvalue weighted by Gasteiger charge is -2.09. The van der Waals surface area contributed by atoms with E-state index in [2.05, 4.69) is 20.6 Å². The Morgan fingerprint density at radius 1 is 0.964 bits per heavy atom. The van der Waals surface area contributed by atoms with Gasteiger partial charge < -0.3 is 15.4 Å². The molecule has 0 saturated carbocycles. The molecule has 28 heavy (non-hydrogen) atoms. The van der Waals surface area contributed by atoms with Crippen molar-refractivity contribution in [3.8, 4) is 5.75 Å². The van der Waals surface area contributed by atoms with Crippen LogP contribution in [0.1, 0.15) is 28.7 Å². The highest BCUT2D eigenvalue weighted by atomic mass is 16.5. The summed E-state index contributed by atoms with van der Waals surface area (Å²) in [4.78, 5) is 32.9. The molecule has 1 aromatic heterocycles. The second-order valence-electron chi connectivity index (χ2n) is 6.32. The molecule has 0 spiro atoms. The van der Waals surface area contributed by atoms with Gasteiger partial charge in [-0.2, -0.15) is 0 Å². The zero-order valence-electron chi connectivity index (χ0n) is 16.1. The number of nitrogens with zero attached hydrogens (tertiary/aromatic N) is 2. The molecular weight excluding hydrogens is 356 g/mol. The summed E-state index contributed by atoms with van der Waals surface area (Å²) in [7, 11) is 0. The molecule has 2 amide bonds. The van der Waals surface area contributed by atoms with Crippen molar-refractivity contribution in [3.05, 3.63) is 59.4 Å². The van der Waals surface area contributed by atoms with Crippen LogP contribution in [0.15, 0.2) is 42.5 Å². The van der Waals surface area contributed by atoms with Crippen LogP contribution in [0.3, 0.4) is 0 Å². The fourth-order valence-electron chi connectivity index (χ4n) is 2.61. The number of nitrogens with one attached hydrogen (secondary N) is 2. The molecule has 0 fully saturated rings. The number of anilines is 1. The first-order valence-corrected chi connectivity index (χ1v) is 9.02. The van der Waals surface area contributed by atoms with Crippen LogP contribution in [0.4, 0.5) is 5.69 Å². The molecule has 3 aromatic rings. The smallest absolute Gasteiger partial charge is 0.257 e. The number of carbonyl (C=O) groups is 2. The molecule has 1 heterocycles. The fraction of sp³-hybridized carbons (Fsp3) is 0.238. The maximum atomic E-state index is 12.5. The van der Waals surface area contributed by atoms with Crippen molar-refractivity contribution in [1.29, 1.82) is 0 Å². The summed E-state index contributed by atoms with van der Waals surface area (Å²) in [5.41, 5.74) is 4.29. The zero-order chi connectivity index (χ0) is 20.1.